The van der Waals surface area contributed by atoms with Crippen LogP contribution in [0.25, 0.3) is 0 Å². The first-order valence-corrected chi connectivity index (χ1v) is 11.2. The number of nitrogens with zero attached hydrogens (tertiary/aromatic N) is 2. The maximum atomic E-state index is 12.5. The lowest BCUT2D eigenvalue weighted by Gasteiger charge is -2.13. The van der Waals surface area contributed by atoms with Gasteiger partial charge in [-0.2, -0.15) is 5.10 Å². The zero-order valence-corrected chi connectivity index (χ0v) is 20.4. The molecule has 3 aromatic rings. The fraction of sp³-hybridized carbons (Fsp3) is 0.192. The number of ether oxygens (including phenoxy) is 4. The molecule has 3 aromatic carbocycles. The van der Waals surface area contributed by atoms with E-state index in [1.165, 1.54) is 44.5 Å². The monoisotopic (exact) mass is 507 g/mol. The van der Waals surface area contributed by atoms with Crippen molar-refractivity contribution < 1.29 is 33.5 Å². The van der Waals surface area contributed by atoms with E-state index in [0.717, 1.165) is 0 Å². The smallest absolute Gasteiger partial charge is 0.343 e. The maximum absolute atomic E-state index is 12.5. The average Bonchev–Trinajstić information content (AvgIpc) is 2.90. The molecule has 0 bridgehead atoms. The second-order valence-corrected chi connectivity index (χ2v) is 7.48. The van der Waals surface area contributed by atoms with Gasteiger partial charge in [0, 0.05) is 6.07 Å². The van der Waals surface area contributed by atoms with Crippen molar-refractivity contribution in [2.75, 3.05) is 13.7 Å². The lowest BCUT2D eigenvalue weighted by atomic mass is 10.2. The molecule has 1 N–H and O–H groups in total. The van der Waals surface area contributed by atoms with E-state index in [4.69, 9.17) is 18.9 Å². The van der Waals surface area contributed by atoms with Gasteiger partial charge in [0.25, 0.3) is 5.91 Å². The van der Waals surface area contributed by atoms with E-state index in [1.807, 2.05) is 6.92 Å². The number of nitro benzene ring substituents is 1. The number of carbonyl (C=O) groups is 2. The summed E-state index contributed by atoms with van der Waals surface area (Å²) in [5, 5.41) is 15.0. The number of methoxy groups -OCH3 is 1. The average molecular weight is 507 g/mol. The number of hydrazone groups is 1. The second-order valence-electron chi connectivity index (χ2n) is 7.48. The van der Waals surface area contributed by atoms with Crippen molar-refractivity contribution in [3.63, 3.8) is 0 Å². The number of para-hydroxylation sites is 2. The Morgan fingerprint density at radius 1 is 1.05 bits per heavy atom. The molecule has 0 aliphatic heterocycles. The van der Waals surface area contributed by atoms with Gasteiger partial charge in [0.15, 0.2) is 23.4 Å². The Morgan fingerprint density at radius 3 is 2.46 bits per heavy atom. The number of esters is 1. The highest BCUT2D eigenvalue weighted by Gasteiger charge is 2.20. The molecule has 0 unspecified atom stereocenters. The number of nitro groups is 1. The minimum absolute atomic E-state index is 0.0285. The molecule has 3 rings (SSSR count). The van der Waals surface area contributed by atoms with Crippen LogP contribution < -0.4 is 24.4 Å². The Bertz CT molecular complexity index is 1290. The molecular formula is C26H25N3O8. The predicted molar refractivity (Wildman–Crippen MR) is 134 cm³/mol. The summed E-state index contributed by atoms with van der Waals surface area (Å²) < 4.78 is 21.5. The third-order valence-electron chi connectivity index (χ3n) is 4.91. The van der Waals surface area contributed by atoms with Crippen molar-refractivity contribution in [1.82, 2.24) is 5.43 Å². The molecule has 0 fully saturated rings. The highest BCUT2D eigenvalue weighted by atomic mass is 16.6. The van der Waals surface area contributed by atoms with Crippen molar-refractivity contribution in [2.24, 2.45) is 5.10 Å². The van der Waals surface area contributed by atoms with Gasteiger partial charge in [0.2, 0.25) is 0 Å². The molecule has 0 saturated heterocycles. The van der Waals surface area contributed by atoms with Crippen molar-refractivity contribution in [2.45, 2.75) is 20.0 Å². The van der Waals surface area contributed by atoms with Gasteiger partial charge in [-0.05, 0) is 67.9 Å². The first kappa shape index (κ1) is 26.7. The maximum Gasteiger partial charge on any atom is 0.343 e. The Balaban J connectivity index is 1.60. The Labute approximate surface area is 212 Å². The minimum Gasteiger partial charge on any atom is -0.494 e. The Kier molecular flexibility index (Phi) is 9.14. The zero-order valence-electron chi connectivity index (χ0n) is 20.4. The zero-order chi connectivity index (χ0) is 26.8. The largest absolute Gasteiger partial charge is 0.494 e. The highest BCUT2D eigenvalue weighted by Crippen LogP contribution is 2.29. The van der Waals surface area contributed by atoms with Crippen LogP contribution >= 0.6 is 0 Å². The van der Waals surface area contributed by atoms with Crippen LogP contribution in [-0.2, 0) is 4.79 Å². The molecule has 0 aromatic heterocycles. The van der Waals surface area contributed by atoms with Crippen LogP contribution in [-0.4, -0.2) is 42.8 Å². The quantitative estimate of drug-likeness (QED) is 0.134. The molecule has 0 radical (unpaired) electrons. The molecule has 11 heteroatoms. The molecule has 0 saturated carbocycles. The van der Waals surface area contributed by atoms with E-state index in [9.17, 15) is 19.7 Å². The Morgan fingerprint density at radius 2 is 1.78 bits per heavy atom. The number of rotatable bonds is 11. The summed E-state index contributed by atoms with van der Waals surface area (Å²) in [7, 11) is 1.42. The van der Waals surface area contributed by atoms with Crippen LogP contribution in [0.5, 0.6) is 23.0 Å². The summed E-state index contributed by atoms with van der Waals surface area (Å²) in [6.45, 7) is 3.83. The van der Waals surface area contributed by atoms with Crippen LogP contribution in [0.2, 0.25) is 0 Å². The number of benzene rings is 3. The number of hydrogen-bond donors (Lipinski definition) is 1. The van der Waals surface area contributed by atoms with Gasteiger partial charge in [0.05, 0.1) is 30.4 Å². The van der Waals surface area contributed by atoms with Gasteiger partial charge in [-0.3, -0.25) is 14.9 Å². The van der Waals surface area contributed by atoms with Crippen molar-refractivity contribution in [3.8, 4) is 23.0 Å². The highest BCUT2D eigenvalue weighted by molar-refractivity contribution is 5.92. The van der Waals surface area contributed by atoms with Gasteiger partial charge in [0.1, 0.15) is 5.75 Å². The fourth-order valence-electron chi connectivity index (χ4n) is 3.07. The van der Waals surface area contributed by atoms with Gasteiger partial charge in [-0.1, -0.05) is 12.1 Å². The van der Waals surface area contributed by atoms with Crippen molar-refractivity contribution in [1.29, 1.82) is 0 Å². The second kappa shape index (κ2) is 12.7. The summed E-state index contributed by atoms with van der Waals surface area (Å²) in [5.74, 6) is -0.0735. The van der Waals surface area contributed by atoms with E-state index in [2.05, 4.69) is 10.5 Å². The van der Waals surface area contributed by atoms with Crippen LogP contribution in [0.1, 0.15) is 29.8 Å². The number of nitrogens with one attached hydrogen (secondary N) is 1. The normalized spacial score (nSPS) is 11.4. The van der Waals surface area contributed by atoms with Gasteiger partial charge >= 0.3 is 11.7 Å². The summed E-state index contributed by atoms with van der Waals surface area (Å²) in [6.07, 6.45) is 0.313. The summed E-state index contributed by atoms with van der Waals surface area (Å²) in [4.78, 5) is 35.3. The molecule has 1 amide bonds. The van der Waals surface area contributed by atoms with Crippen LogP contribution in [0.3, 0.4) is 0 Å². The molecular weight excluding hydrogens is 482 g/mol. The molecule has 0 aliphatic carbocycles. The van der Waals surface area contributed by atoms with Crippen LogP contribution in [0.15, 0.2) is 71.8 Å². The fourth-order valence-corrected chi connectivity index (χ4v) is 3.07. The third-order valence-corrected chi connectivity index (χ3v) is 4.91. The molecule has 0 heterocycles. The van der Waals surface area contributed by atoms with Crippen LogP contribution in [0.4, 0.5) is 5.69 Å². The molecule has 11 nitrogen and oxygen atoms in total. The summed E-state index contributed by atoms with van der Waals surface area (Å²) in [6, 6.07) is 17.0. The molecule has 1 atom stereocenters. The lowest BCUT2D eigenvalue weighted by molar-refractivity contribution is -0.386. The van der Waals surface area contributed by atoms with E-state index in [0.29, 0.717) is 23.5 Å². The van der Waals surface area contributed by atoms with Crippen molar-refractivity contribution >= 4 is 23.8 Å². The van der Waals surface area contributed by atoms with Gasteiger partial charge in [-0.15, -0.1) is 0 Å². The first-order valence-electron chi connectivity index (χ1n) is 11.2. The predicted octanol–water partition coefficient (Wildman–Crippen LogP) is 4.14. The van der Waals surface area contributed by atoms with Crippen LogP contribution in [0, 0.1) is 10.1 Å². The number of carbonyl (C=O) groups excluding carboxylic acids is 2. The van der Waals surface area contributed by atoms with E-state index < -0.39 is 22.9 Å². The van der Waals surface area contributed by atoms with E-state index >= 15 is 0 Å². The first-order chi connectivity index (χ1) is 17.8. The lowest BCUT2D eigenvalue weighted by Crippen LogP contribution is -2.33. The van der Waals surface area contributed by atoms with Crippen molar-refractivity contribution in [3.05, 3.63) is 88.0 Å². The third kappa shape index (κ3) is 7.28. The molecule has 0 spiro atoms. The minimum atomic E-state index is -1.04. The van der Waals surface area contributed by atoms with E-state index in [1.54, 1.807) is 42.5 Å². The summed E-state index contributed by atoms with van der Waals surface area (Å²) in [5.41, 5.74) is 2.96. The SMILES string of the molecule is CCOc1ccc(C(=O)Oc2ccc(/C=N\NC(=O)[C@H](C)Oc3ccccc3[N+](=O)[O-])cc2OC)cc1. The molecule has 37 heavy (non-hydrogen) atoms. The molecule has 192 valence electrons. The number of amides is 1. The van der Waals surface area contributed by atoms with Gasteiger partial charge in [-0.25, -0.2) is 10.2 Å². The van der Waals surface area contributed by atoms with E-state index in [-0.39, 0.29) is 22.9 Å². The summed E-state index contributed by atoms with van der Waals surface area (Å²) >= 11 is 0. The van der Waals surface area contributed by atoms with Gasteiger partial charge < -0.3 is 18.9 Å². The Hall–Kier alpha value is -4.93. The topological polar surface area (TPSA) is 139 Å². The molecule has 0 aliphatic rings. The number of hydrogen-bond acceptors (Lipinski definition) is 9. The standard InChI is InChI=1S/C26H25N3O8/c1-4-35-20-12-10-19(11-13-20)26(31)37-23-14-9-18(15-24(23)34-3)16-27-28-25(30)17(2)36-22-8-6-5-7-21(22)29(32)33/h5-17H,4H2,1-3H3,(H,28,30)/b27-16-/t17-/m0/s1.